The smallest absolute Gasteiger partial charge is 0.324 e. The molecule has 3 fully saturated rings. The zero-order valence-electron chi connectivity index (χ0n) is 14.4. The number of ether oxygens (including phenoxy) is 1. The first-order valence-electron chi connectivity index (χ1n) is 8.85. The van der Waals surface area contributed by atoms with Crippen LogP contribution < -0.4 is 5.32 Å². The van der Waals surface area contributed by atoms with Crippen LogP contribution in [-0.4, -0.2) is 102 Å². The lowest BCUT2D eigenvalue weighted by Gasteiger charge is -2.33. The van der Waals surface area contributed by atoms with Gasteiger partial charge in [-0.3, -0.25) is 19.4 Å². The topological polar surface area (TPSA) is 102 Å². The molecule has 0 unspecified atom stereocenters. The van der Waals surface area contributed by atoms with E-state index in [2.05, 4.69) is 10.2 Å². The van der Waals surface area contributed by atoms with Crippen molar-refractivity contribution in [1.29, 1.82) is 0 Å². The second-order valence-electron chi connectivity index (χ2n) is 6.99. The predicted molar refractivity (Wildman–Crippen MR) is 87.8 cm³/mol. The SMILES string of the molecule is O=C(CCCN1C(=O)CNC1=O)N1CC[C@](O)(CN2CCOCC2)C1. The van der Waals surface area contributed by atoms with Crippen LogP contribution in [-0.2, 0) is 14.3 Å². The molecule has 3 aliphatic heterocycles. The monoisotopic (exact) mass is 354 g/mol. The summed E-state index contributed by atoms with van der Waals surface area (Å²) in [5, 5.41) is 13.2. The number of aliphatic hydroxyl groups is 1. The Kier molecular flexibility index (Phi) is 5.55. The lowest BCUT2D eigenvalue weighted by molar-refractivity contribution is -0.132. The highest BCUT2D eigenvalue weighted by atomic mass is 16.5. The number of amides is 4. The number of nitrogens with one attached hydrogen (secondary N) is 1. The van der Waals surface area contributed by atoms with Crippen molar-refractivity contribution in [1.82, 2.24) is 20.0 Å². The van der Waals surface area contributed by atoms with E-state index in [1.165, 1.54) is 0 Å². The number of hydrogen-bond donors (Lipinski definition) is 2. The number of nitrogens with zero attached hydrogens (tertiary/aromatic N) is 3. The van der Waals surface area contributed by atoms with Gasteiger partial charge in [0.2, 0.25) is 11.8 Å². The van der Waals surface area contributed by atoms with Gasteiger partial charge < -0.3 is 20.1 Å². The summed E-state index contributed by atoms with van der Waals surface area (Å²) >= 11 is 0. The Balaban J connectivity index is 1.41. The van der Waals surface area contributed by atoms with E-state index in [0.29, 0.717) is 45.7 Å². The second-order valence-corrected chi connectivity index (χ2v) is 6.99. The standard InChI is InChI=1S/C16H26N4O5/c21-13(2-1-4-20-14(22)10-17-15(20)23)19-5-3-16(24,12-19)11-18-6-8-25-9-7-18/h24H,1-12H2,(H,17,23)/t16-/m0/s1. The summed E-state index contributed by atoms with van der Waals surface area (Å²) in [5.74, 6) is -0.288. The number of morpholine rings is 1. The zero-order valence-corrected chi connectivity index (χ0v) is 14.4. The molecule has 0 radical (unpaired) electrons. The third-order valence-corrected chi connectivity index (χ3v) is 5.02. The Morgan fingerprint density at radius 2 is 2.00 bits per heavy atom. The van der Waals surface area contributed by atoms with Gasteiger partial charge in [0.05, 0.1) is 31.9 Å². The minimum absolute atomic E-state index is 0.0352. The molecule has 4 amide bonds. The number of carbonyl (C=O) groups excluding carboxylic acids is 3. The quantitative estimate of drug-likeness (QED) is 0.570. The lowest BCUT2D eigenvalue weighted by Crippen LogP contribution is -2.49. The summed E-state index contributed by atoms with van der Waals surface area (Å²) in [6, 6.07) is -0.390. The molecular weight excluding hydrogens is 328 g/mol. The average Bonchev–Trinajstić information content (AvgIpc) is 3.13. The van der Waals surface area contributed by atoms with Crippen molar-refractivity contribution in [2.45, 2.75) is 24.9 Å². The Morgan fingerprint density at radius 1 is 1.24 bits per heavy atom. The molecule has 25 heavy (non-hydrogen) atoms. The van der Waals surface area contributed by atoms with Gasteiger partial charge in [-0.2, -0.15) is 0 Å². The molecule has 2 N–H and O–H groups in total. The van der Waals surface area contributed by atoms with Crippen molar-refractivity contribution < 1.29 is 24.2 Å². The van der Waals surface area contributed by atoms with Gasteiger partial charge in [-0.15, -0.1) is 0 Å². The Bertz CT molecular complexity index is 521. The summed E-state index contributed by atoms with van der Waals surface area (Å²) < 4.78 is 5.31. The fourth-order valence-electron chi connectivity index (χ4n) is 3.60. The fraction of sp³-hybridized carbons (Fsp3) is 0.812. The highest BCUT2D eigenvalue weighted by Gasteiger charge is 2.39. The van der Waals surface area contributed by atoms with Crippen LogP contribution in [0.2, 0.25) is 0 Å². The van der Waals surface area contributed by atoms with Gasteiger partial charge >= 0.3 is 6.03 Å². The van der Waals surface area contributed by atoms with E-state index >= 15 is 0 Å². The molecule has 0 aromatic heterocycles. The minimum Gasteiger partial charge on any atom is -0.387 e. The Hall–Kier alpha value is -1.71. The summed E-state index contributed by atoms with van der Waals surface area (Å²) in [4.78, 5) is 40.3. The molecule has 9 heteroatoms. The Morgan fingerprint density at radius 3 is 2.68 bits per heavy atom. The molecule has 3 aliphatic rings. The maximum absolute atomic E-state index is 12.3. The molecule has 3 heterocycles. The number of rotatable bonds is 6. The molecule has 9 nitrogen and oxygen atoms in total. The van der Waals surface area contributed by atoms with Crippen molar-refractivity contribution in [3.8, 4) is 0 Å². The molecule has 0 aromatic rings. The summed E-state index contributed by atoms with van der Waals surface area (Å²) in [7, 11) is 0. The first kappa shape index (κ1) is 18.1. The van der Waals surface area contributed by atoms with E-state index in [4.69, 9.17) is 4.74 Å². The number of imide groups is 1. The van der Waals surface area contributed by atoms with Crippen LogP contribution in [0.5, 0.6) is 0 Å². The van der Waals surface area contributed by atoms with Gasteiger partial charge in [-0.1, -0.05) is 0 Å². The van der Waals surface area contributed by atoms with E-state index in [9.17, 15) is 19.5 Å². The molecular formula is C16H26N4O5. The van der Waals surface area contributed by atoms with E-state index in [1.807, 2.05) is 0 Å². The van der Waals surface area contributed by atoms with Crippen LogP contribution in [0.25, 0.3) is 0 Å². The first-order valence-corrected chi connectivity index (χ1v) is 8.85. The fourth-order valence-corrected chi connectivity index (χ4v) is 3.60. The predicted octanol–water partition coefficient (Wildman–Crippen LogP) is -1.39. The van der Waals surface area contributed by atoms with E-state index in [-0.39, 0.29) is 31.3 Å². The van der Waals surface area contributed by atoms with Gasteiger partial charge in [0.25, 0.3) is 0 Å². The number of carbonyl (C=O) groups is 3. The molecule has 0 spiro atoms. The van der Waals surface area contributed by atoms with E-state index in [1.54, 1.807) is 4.90 Å². The van der Waals surface area contributed by atoms with Crippen LogP contribution in [0.1, 0.15) is 19.3 Å². The molecule has 3 saturated heterocycles. The number of likely N-dealkylation sites (tertiary alicyclic amines) is 1. The van der Waals surface area contributed by atoms with Gasteiger partial charge in [0.15, 0.2) is 0 Å². The first-order chi connectivity index (χ1) is 12.0. The number of hydrogen-bond acceptors (Lipinski definition) is 6. The normalized spacial score (nSPS) is 27.9. The molecule has 1 atom stereocenters. The van der Waals surface area contributed by atoms with Crippen LogP contribution in [0.3, 0.4) is 0 Å². The highest BCUT2D eigenvalue weighted by molar-refractivity contribution is 6.01. The lowest BCUT2D eigenvalue weighted by atomic mass is 10.0. The van der Waals surface area contributed by atoms with Crippen molar-refractivity contribution in [3.63, 3.8) is 0 Å². The third-order valence-electron chi connectivity index (χ3n) is 5.02. The van der Waals surface area contributed by atoms with Gasteiger partial charge in [-0.05, 0) is 12.8 Å². The Labute approximate surface area is 146 Å². The highest BCUT2D eigenvalue weighted by Crippen LogP contribution is 2.24. The maximum atomic E-state index is 12.3. The zero-order chi connectivity index (χ0) is 17.9. The molecule has 140 valence electrons. The minimum atomic E-state index is -0.863. The van der Waals surface area contributed by atoms with Crippen LogP contribution in [0.15, 0.2) is 0 Å². The molecule has 3 rings (SSSR count). The van der Waals surface area contributed by atoms with Crippen LogP contribution in [0, 0.1) is 0 Å². The largest absolute Gasteiger partial charge is 0.387 e. The maximum Gasteiger partial charge on any atom is 0.324 e. The second kappa shape index (κ2) is 7.67. The summed E-state index contributed by atoms with van der Waals surface area (Å²) in [6.07, 6.45) is 1.28. The van der Waals surface area contributed by atoms with E-state index in [0.717, 1.165) is 18.0 Å². The number of urea groups is 1. The average molecular weight is 354 g/mol. The molecule has 0 aromatic carbocycles. The van der Waals surface area contributed by atoms with Gasteiger partial charge in [-0.25, -0.2) is 4.79 Å². The summed E-state index contributed by atoms with van der Waals surface area (Å²) in [6.45, 7) is 4.71. The van der Waals surface area contributed by atoms with Gasteiger partial charge in [0, 0.05) is 39.1 Å². The molecule has 0 aliphatic carbocycles. The van der Waals surface area contributed by atoms with Gasteiger partial charge in [0.1, 0.15) is 0 Å². The summed E-state index contributed by atoms with van der Waals surface area (Å²) in [5.41, 5.74) is -0.863. The number of β-amino-alcohol motifs (C(OH)–C–C–N with tert-alkyl or cyclic N) is 1. The van der Waals surface area contributed by atoms with Crippen LogP contribution >= 0.6 is 0 Å². The van der Waals surface area contributed by atoms with E-state index < -0.39 is 11.6 Å². The van der Waals surface area contributed by atoms with Crippen molar-refractivity contribution in [2.75, 3.05) is 59.0 Å². The van der Waals surface area contributed by atoms with Crippen LogP contribution in [0.4, 0.5) is 4.79 Å². The van der Waals surface area contributed by atoms with Crippen molar-refractivity contribution >= 4 is 17.8 Å². The molecule has 0 bridgehead atoms. The van der Waals surface area contributed by atoms with Crippen molar-refractivity contribution in [3.05, 3.63) is 0 Å². The third kappa shape index (κ3) is 4.47. The van der Waals surface area contributed by atoms with Crippen molar-refractivity contribution in [2.24, 2.45) is 0 Å². The molecule has 0 saturated carbocycles.